The SMILES string of the molecule is Cc1ccc(NC(=S)/C(=C(\[O-])c2ccc(Cl)c(Cl)c2)[n+]2ccccc2)cc1. The molecule has 3 rings (SSSR count). The fourth-order valence-electron chi connectivity index (χ4n) is 2.49. The van der Waals surface area contributed by atoms with Gasteiger partial charge in [0.15, 0.2) is 17.4 Å². The molecule has 0 fully saturated rings. The van der Waals surface area contributed by atoms with Gasteiger partial charge in [-0.15, -0.1) is 0 Å². The Labute approximate surface area is 173 Å². The van der Waals surface area contributed by atoms with Crippen molar-refractivity contribution in [3.8, 4) is 0 Å². The number of aryl methyl sites for hydroxylation is 1. The molecular formula is C21H16Cl2N2OS. The van der Waals surface area contributed by atoms with Gasteiger partial charge >= 0.3 is 0 Å². The summed E-state index contributed by atoms with van der Waals surface area (Å²) < 4.78 is 1.69. The number of thiocarbonyl (C=S) groups is 1. The van der Waals surface area contributed by atoms with Gasteiger partial charge in [-0.25, -0.2) is 0 Å². The number of nitrogens with zero attached hydrogens (tertiary/aromatic N) is 1. The Morgan fingerprint density at radius 1 is 0.963 bits per heavy atom. The molecule has 0 aliphatic heterocycles. The third-order valence-corrected chi connectivity index (χ3v) is 4.93. The summed E-state index contributed by atoms with van der Waals surface area (Å²) in [5.74, 6) is -0.255. The molecule has 0 radical (unpaired) electrons. The fourth-order valence-corrected chi connectivity index (χ4v) is 3.10. The van der Waals surface area contributed by atoms with Crippen molar-refractivity contribution >= 4 is 57.6 Å². The molecular weight excluding hydrogens is 399 g/mol. The summed E-state index contributed by atoms with van der Waals surface area (Å²) in [6.07, 6.45) is 3.54. The van der Waals surface area contributed by atoms with Gasteiger partial charge in [-0.1, -0.05) is 65.2 Å². The number of halogens is 2. The van der Waals surface area contributed by atoms with Crippen LogP contribution in [0.2, 0.25) is 10.0 Å². The molecule has 0 aliphatic rings. The van der Waals surface area contributed by atoms with Crippen LogP contribution in [0.1, 0.15) is 11.1 Å². The van der Waals surface area contributed by atoms with E-state index in [1.807, 2.05) is 49.4 Å². The third kappa shape index (κ3) is 4.66. The maximum Gasteiger partial charge on any atom is 0.238 e. The van der Waals surface area contributed by atoms with Crippen LogP contribution in [0, 0.1) is 6.92 Å². The molecule has 1 heterocycles. The van der Waals surface area contributed by atoms with E-state index in [2.05, 4.69) is 5.32 Å². The van der Waals surface area contributed by atoms with Gasteiger partial charge in [0.05, 0.1) is 10.0 Å². The van der Waals surface area contributed by atoms with E-state index in [4.69, 9.17) is 35.4 Å². The molecule has 136 valence electrons. The van der Waals surface area contributed by atoms with E-state index in [0.29, 0.717) is 26.3 Å². The lowest BCUT2D eigenvalue weighted by molar-refractivity contribution is -0.577. The fraction of sp³-hybridized carbons (Fsp3) is 0.0476. The first-order valence-corrected chi connectivity index (χ1v) is 9.33. The lowest BCUT2D eigenvalue weighted by Crippen LogP contribution is -2.39. The van der Waals surface area contributed by atoms with Crippen LogP contribution < -0.4 is 15.0 Å². The summed E-state index contributed by atoms with van der Waals surface area (Å²) >= 11 is 17.6. The normalized spacial score (nSPS) is 11.7. The van der Waals surface area contributed by atoms with Crippen molar-refractivity contribution in [2.24, 2.45) is 0 Å². The first-order chi connectivity index (χ1) is 13.0. The van der Waals surface area contributed by atoms with E-state index >= 15 is 0 Å². The Kier molecular flexibility index (Phi) is 6.11. The quantitative estimate of drug-likeness (QED) is 0.290. The molecule has 0 atom stereocenters. The molecule has 1 N–H and O–H groups in total. The molecule has 0 bridgehead atoms. The van der Waals surface area contributed by atoms with Crippen LogP contribution in [0.3, 0.4) is 0 Å². The van der Waals surface area contributed by atoms with E-state index in [1.165, 1.54) is 0 Å². The van der Waals surface area contributed by atoms with E-state index in [-0.39, 0.29) is 5.76 Å². The minimum atomic E-state index is -0.255. The summed E-state index contributed by atoms with van der Waals surface area (Å²) in [5.41, 5.74) is 2.68. The molecule has 1 aromatic heterocycles. The number of anilines is 1. The topological polar surface area (TPSA) is 39.0 Å². The van der Waals surface area contributed by atoms with E-state index in [9.17, 15) is 5.11 Å². The Morgan fingerprint density at radius 2 is 1.63 bits per heavy atom. The van der Waals surface area contributed by atoms with Crippen molar-refractivity contribution in [3.05, 3.63) is 94.2 Å². The first-order valence-electron chi connectivity index (χ1n) is 8.17. The Balaban J connectivity index is 2.06. The molecule has 0 aliphatic carbocycles. The highest BCUT2D eigenvalue weighted by molar-refractivity contribution is 7.81. The van der Waals surface area contributed by atoms with Gasteiger partial charge in [0.25, 0.3) is 0 Å². The molecule has 27 heavy (non-hydrogen) atoms. The minimum absolute atomic E-state index is 0.255. The van der Waals surface area contributed by atoms with Gasteiger partial charge in [-0.3, -0.25) is 0 Å². The van der Waals surface area contributed by atoms with Crippen LogP contribution in [0.4, 0.5) is 5.69 Å². The first kappa shape index (κ1) is 19.4. The van der Waals surface area contributed by atoms with E-state index in [0.717, 1.165) is 11.3 Å². The number of hydrogen-bond acceptors (Lipinski definition) is 2. The second-order valence-corrected chi connectivity index (χ2v) is 7.13. The predicted octanol–water partition coefficient (Wildman–Crippen LogP) is 4.71. The molecule has 2 aromatic carbocycles. The maximum atomic E-state index is 13.2. The lowest BCUT2D eigenvalue weighted by atomic mass is 10.1. The van der Waals surface area contributed by atoms with Crippen molar-refractivity contribution in [2.75, 3.05) is 5.32 Å². The van der Waals surface area contributed by atoms with Crippen LogP contribution in [0.5, 0.6) is 0 Å². The molecule has 0 saturated heterocycles. The number of aromatic nitrogens is 1. The number of rotatable bonds is 4. The molecule has 3 nitrogen and oxygen atoms in total. The highest BCUT2D eigenvalue weighted by atomic mass is 35.5. The zero-order valence-electron chi connectivity index (χ0n) is 14.4. The number of benzene rings is 2. The summed E-state index contributed by atoms with van der Waals surface area (Å²) in [4.78, 5) is 0.311. The minimum Gasteiger partial charge on any atom is -0.867 e. The summed E-state index contributed by atoms with van der Waals surface area (Å²) in [6, 6.07) is 18.1. The zero-order valence-corrected chi connectivity index (χ0v) is 16.8. The van der Waals surface area contributed by atoms with E-state index < -0.39 is 0 Å². The average molecular weight is 415 g/mol. The smallest absolute Gasteiger partial charge is 0.238 e. The molecule has 6 heteroatoms. The monoisotopic (exact) mass is 414 g/mol. The summed E-state index contributed by atoms with van der Waals surface area (Å²) in [6.45, 7) is 2.01. The maximum absolute atomic E-state index is 13.2. The molecule has 0 amide bonds. The van der Waals surface area contributed by atoms with Crippen LogP contribution in [0.15, 0.2) is 73.1 Å². The Bertz CT molecular complexity index is 1000. The van der Waals surface area contributed by atoms with Crippen molar-refractivity contribution in [1.82, 2.24) is 0 Å². The van der Waals surface area contributed by atoms with Gasteiger partial charge < -0.3 is 10.4 Å². The van der Waals surface area contributed by atoms with E-state index in [1.54, 1.807) is 35.2 Å². The van der Waals surface area contributed by atoms with Crippen molar-refractivity contribution < 1.29 is 9.67 Å². The van der Waals surface area contributed by atoms with Gasteiger partial charge in [0.1, 0.15) is 0 Å². The third-order valence-electron chi connectivity index (χ3n) is 3.90. The zero-order chi connectivity index (χ0) is 19.4. The summed E-state index contributed by atoms with van der Waals surface area (Å²) in [7, 11) is 0. The van der Waals surface area contributed by atoms with Crippen LogP contribution in [-0.4, -0.2) is 4.99 Å². The number of pyridine rings is 1. The van der Waals surface area contributed by atoms with Crippen molar-refractivity contribution in [3.63, 3.8) is 0 Å². The van der Waals surface area contributed by atoms with Crippen molar-refractivity contribution in [2.45, 2.75) is 6.92 Å². The molecule has 0 saturated carbocycles. The second-order valence-electron chi connectivity index (χ2n) is 5.91. The Morgan fingerprint density at radius 3 is 2.26 bits per heavy atom. The number of hydrogen-bond donors (Lipinski definition) is 1. The lowest BCUT2D eigenvalue weighted by Gasteiger charge is -2.17. The highest BCUT2D eigenvalue weighted by Gasteiger charge is 2.19. The molecule has 0 spiro atoms. The largest absolute Gasteiger partial charge is 0.867 e. The van der Waals surface area contributed by atoms with Gasteiger partial charge in [0.2, 0.25) is 5.70 Å². The van der Waals surface area contributed by atoms with Crippen molar-refractivity contribution in [1.29, 1.82) is 0 Å². The van der Waals surface area contributed by atoms with Gasteiger partial charge in [-0.05, 0) is 42.5 Å². The molecule has 3 aromatic rings. The summed E-state index contributed by atoms with van der Waals surface area (Å²) in [5, 5.41) is 17.1. The van der Waals surface area contributed by atoms with Crippen LogP contribution >= 0.6 is 35.4 Å². The number of nitrogens with one attached hydrogen (secondary N) is 1. The Hall–Kier alpha value is -2.40. The highest BCUT2D eigenvalue weighted by Crippen LogP contribution is 2.26. The van der Waals surface area contributed by atoms with Gasteiger partial charge in [-0.2, -0.15) is 4.57 Å². The standard InChI is InChI=1S/C21H16Cl2N2OS/c1-14-5-8-16(9-6-14)24-21(27)19(25-11-3-2-4-12-25)20(26)15-7-10-17(22)18(23)13-15/h2-13H,1H3,(H-,24,26,27). The molecule has 0 unspecified atom stereocenters. The van der Waals surface area contributed by atoms with Gasteiger partial charge in [0, 0.05) is 17.8 Å². The second kappa shape index (κ2) is 8.53. The van der Waals surface area contributed by atoms with Crippen LogP contribution in [-0.2, 0) is 0 Å². The average Bonchev–Trinajstić information content (AvgIpc) is 2.67. The van der Waals surface area contributed by atoms with Crippen LogP contribution in [0.25, 0.3) is 11.5 Å². The predicted molar refractivity (Wildman–Crippen MR) is 114 cm³/mol.